The van der Waals surface area contributed by atoms with Gasteiger partial charge in [0.25, 0.3) is 0 Å². The summed E-state index contributed by atoms with van der Waals surface area (Å²) < 4.78 is 5.99. The molecular weight excluding hydrogens is 294 g/mol. The average molecular weight is 312 g/mol. The molecule has 1 saturated carbocycles. The molecule has 0 aromatic heterocycles. The Labute approximate surface area is 116 Å². The quantitative estimate of drug-likeness (QED) is 0.783. The lowest BCUT2D eigenvalue weighted by molar-refractivity contribution is -0.147. The highest BCUT2D eigenvalue weighted by Crippen LogP contribution is 2.47. The fourth-order valence-electron chi connectivity index (χ4n) is 2.28. The molecule has 0 bridgehead atoms. The van der Waals surface area contributed by atoms with Gasteiger partial charge >= 0.3 is 5.97 Å². The van der Waals surface area contributed by atoms with Gasteiger partial charge in [0.05, 0.1) is 12.5 Å². The molecule has 1 fully saturated rings. The number of halogens is 1. The maximum atomic E-state index is 11.7. The molecule has 0 saturated heterocycles. The zero-order valence-electron chi connectivity index (χ0n) is 10.8. The van der Waals surface area contributed by atoms with Gasteiger partial charge in [0.1, 0.15) is 0 Å². The third kappa shape index (κ3) is 2.93. The molecule has 0 radical (unpaired) electrons. The molecule has 1 aliphatic carbocycles. The van der Waals surface area contributed by atoms with Gasteiger partial charge in [-0.05, 0) is 31.5 Å². The summed E-state index contributed by atoms with van der Waals surface area (Å²) in [6, 6.07) is 8.17. The Kier molecular flexibility index (Phi) is 4.07. The van der Waals surface area contributed by atoms with Gasteiger partial charge in [0.2, 0.25) is 0 Å². The second-order valence-corrected chi connectivity index (χ2v) is 5.89. The summed E-state index contributed by atoms with van der Waals surface area (Å²) in [6.07, 6.45) is 1.89. The molecule has 1 aromatic rings. The van der Waals surface area contributed by atoms with Crippen molar-refractivity contribution in [3.05, 3.63) is 34.3 Å². The smallest absolute Gasteiger partial charge is 0.313 e. The number of carbonyl (C=O) groups excluding carboxylic acids is 1. The predicted octanol–water partition coefficient (Wildman–Crippen LogP) is 2.83. The van der Waals surface area contributed by atoms with Crippen molar-refractivity contribution in [2.24, 2.45) is 5.41 Å². The van der Waals surface area contributed by atoms with Gasteiger partial charge in [-0.25, -0.2) is 0 Å². The Morgan fingerprint density at radius 1 is 1.44 bits per heavy atom. The highest BCUT2D eigenvalue weighted by atomic mass is 79.9. The van der Waals surface area contributed by atoms with Crippen LogP contribution in [0.3, 0.4) is 0 Å². The molecule has 0 atom stereocenters. The van der Waals surface area contributed by atoms with Crippen LogP contribution in [0.4, 0.5) is 0 Å². The van der Waals surface area contributed by atoms with Crippen LogP contribution >= 0.6 is 15.9 Å². The Hall–Kier alpha value is -0.870. The van der Waals surface area contributed by atoms with Crippen LogP contribution < -0.4 is 0 Å². The van der Waals surface area contributed by atoms with E-state index in [1.165, 1.54) is 12.7 Å². The van der Waals surface area contributed by atoms with Crippen LogP contribution in [0, 0.1) is 5.41 Å². The molecule has 1 aliphatic rings. The molecular formula is C14H18BrNO2. The minimum atomic E-state index is -0.245. The van der Waals surface area contributed by atoms with E-state index in [-0.39, 0.29) is 11.4 Å². The Morgan fingerprint density at radius 2 is 2.11 bits per heavy atom. The summed E-state index contributed by atoms with van der Waals surface area (Å²) in [5, 5.41) is 0. The zero-order valence-corrected chi connectivity index (χ0v) is 12.4. The van der Waals surface area contributed by atoms with Crippen molar-refractivity contribution in [3.63, 3.8) is 0 Å². The van der Waals surface area contributed by atoms with Crippen LogP contribution in [0.1, 0.15) is 18.4 Å². The average Bonchev–Trinajstić information content (AvgIpc) is 3.12. The fraction of sp³-hybridized carbons (Fsp3) is 0.500. The zero-order chi connectivity index (χ0) is 13.2. The predicted molar refractivity (Wildman–Crippen MR) is 74.2 cm³/mol. The van der Waals surface area contributed by atoms with Crippen LogP contribution in [-0.4, -0.2) is 31.6 Å². The molecule has 0 unspecified atom stereocenters. The second-order valence-electron chi connectivity index (χ2n) is 5.04. The van der Waals surface area contributed by atoms with Crippen molar-refractivity contribution in [2.75, 3.05) is 20.7 Å². The number of nitrogens with zero attached hydrogens (tertiary/aromatic N) is 1. The lowest BCUT2D eigenvalue weighted by Gasteiger charge is -2.22. The van der Waals surface area contributed by atoms with Gasteiger partial charge in [-0.2, -0.15) is 0 Å². The summed E-state index contributed by atoms with van der Waals surface area (Å²) >= 11 is 3.54. The number of carbonyl (C=O) groups is 1. The summed E-state index contributed by atoms with van der Waals surface area (Å²) in [4.78, 5) is 13.9. The molecule has 18 heavy (non-hydrogen) atoms. The molecule has 1 aromatic carbocycles. The van der Waals surface area contributed by atoms with Crippen molar-refractivity contribution in [1.82, 2.24) is 4.90 Å². The Morgan fingerprint density at radius 3 is 2.67 bits per heavy atom. The van der Waals surface area contributed by atoms with E-state index in [0.717, 1.165) is 30.4 Å². The van der Waals surface area contributed by atoms with Crippen molar-refractivity contribution >= 4 is 21.9 Å². The first-order chi connectivity index (χ1) is 8.57. The number of hydrogen-bond donors (Lipinski definition) is 0. The van der Waals surface area contributed by atoms with Gasteiger partial charge in [0, 0.05) is 17.6 Å². The van der Waals surface area contributed by atoms with Crippen LogP contribution in [0.2, 0.25) is 0 Å². The van der Waals surface area contributed by atoms with Crippen LogP contribution in [0.5, 0.6) is 0 Å². The number of esters is 1. The molecule has 2 rings (SSSR count). The SMILES string of the molecule is COC(=O)C1(CN(C)Cc2ccccc2Br)CC1. The van der Waals surface area contributed by atoms with E-state index in [2.05, 4.69) is 26.9 Å². The third-order valence-corrected chi connectivity index (χ3v) is 4.22. The van der Waals surface area contributed by atoms with Gasteiger partial charge in [-0.15, -0.1) is 0 Å². The summed E-state index contributed by atoms with van der Waals surface area (Å²) in [5.41, 5.74) is 0.991. The molecule has 0 aliphatic heterocycles. The van der Waals surface area contributed by atoms with Gasteiger partial charge < -0.3 is 9.64 Å². The first kappa shape index (κ1) is 13.6. The van der Waals surface area contributed by atoms with E-state index < -0.39 is 0 Å². The number of hydrogen-bond acceptors (Lipinski definition) is 3. The lowest BCUT2D eigenvalue weighted by Crippen LogP contribution is -2.32. The molecule has 0 spiro atoms. The molecule has 4 heteroatoms. The normalized spacial score (nSPS) is 16.7. The van der Waals surface area contributed by atoms with Crippen LogP contribution in [-0.2, 0) is 16.1 Å². The van der Waals surface area contributed by atoms with Crippen molar-refractivity contribution in [3.8, 4) is 0 Å². The Balaban J connectivity index is 1.96. The fourth-order valence-corrected chi connectivity index (χ4v) is 2.69. The Bertz CT molecular complexity index is 443. The monoisotopic (exact) mass is 311 g/mol. The van der Waals surface area contributed by atoms with E-state index in [0.29, 0.717) is 0 Å². The van der Waals surface area contributed by atoms with E-state index >= 15 is 0 Å². The number of rotatable bonds is 5. The van der Waals surface area contributed by atoms with Crippen molar-refractivity contribution < 1.29 is 9.53 Å². The topological polar surface area (TPSA) is 29.5 Å². The third-order valence-electron chi connectivity index (χ3n) is 3.44. The minimum Gasteiger partial charge on any atom is -0.469 e. The van der Waals surface area contributed by atoms with Crippen molar-refractivity contribution in [1.29, 1.82) is 0 Å². The van der Waals surface area contributed by atoms with Gasteiger partial charge in [-0.3, -0.25) is 4.79 Å². The maximum Gasteiger partial charge on any atom is 0.313 e. The standard InChI is InChI=1S/C14H18BrNO2/c1-16(9-11-5-3-4-6-12(11)15)10-14(7-8-14)13(17)18-2/h3-6H,7-10H2,1-2H3. The maximum absolute atomic E-state index is 11.7. The molecule has 0 amide bonds. The lowest BCUT2D eigenvalue weighted by atomic mass is 10.1. The summed E-state index contributed by atoms with van der Waals surface area (Å²) in [7, 11) is 3.51. The minimum absolute atomic E-state index is 0.0681. The van der Waals surface area contributed by atoms with E-state index in [4.69, 9.17) is 4.74 Å². The van der Waals surface area contributed by atoms with E-state index in [1.54, 1.807) is 0 Å². The van der Waals surface area contributed by atoms with Crippen molar-refractivity contribution in [2.45, 2.75) is 19.4 Å². The van der Waals surface area contributed by atoms with Gasteiger partial charge in [-0.1, -0.05) is 34.1 Å². The molecule has 0 N–H and O–H groups in total. The molecule has 0 heterocycles. The first-order valence-corrected chi connectivity index (χ1v) is 6.87. The molecule has 3 nitrogen and oxygen atoms in total. The number of methoxy groups -OCH3 is 1. The van der Waals surface area contributed by atoms with E-state index in [1.807, 2.05) is 25.2 Å². The highest BCUT2D eigenvalue weighted by Gasteiger charge is 2.51. The van der Waals surface area contributed by atoms with Gasteiger partial charge in [0.15, 0.2) is 0 Å². The van der Waals surface area contributed by atoms with Crippen LogP contribution in [0.25, 0.3) is 0 Å². The summed E-state index contributed by atoms with van der Waals surface area (Å²) in [6.45, 7) is 1.60. The van der Waals surface area contributed by atoms with Crippen LogP contribution in [0.15, 0.2) is 28.7 Å². The number of ether oxygens (including phenoxy) is 1. The largest absolute Gasteiger partial charge is 0.469 e. The first-order valence-electron chi connectivity index (χ1n) is 6.08. The number of benzene rings is 1. The molecule has 98 valence electrons. The van der Waals surface area contributed by atoms with E-state index in [9.17, 15) is 4.79 Å². The summed E-state index contributed by atoms with van der Waals surface area (Å²) in [5.74, 6) is -0.0681. The second kappa shape index (κ2) is 5.41. The highest BCUT2D eigenvalue weighted by molar-refractivity contribution is 9.10.